The number of hydrogen-bond acceptors (Lipinski definition) is 3. The average Bonchev–Trinajstić information content (AvgIpc) is 2.55. The second-order valence-corrected chi connectivity index (χ2v) is 8.18. The van der Waals surface area contributed by atoms with Crippen LogP contribution in [0.15, 0.2) is 42.5 Å². The molecule has 2 aromatic carbocycles. The Kier molecular flexibility index (Phi) is 5.51. The summed E-state index contributed by atoms with van der Waals surface area (Å²) in [5.41, 5.74) is 1.80. The first-order valence-corrected chi connectivity index (χ1v) is 9.14. The van der Waals surface area contributed by atoms with E-state index in [1.807, 2.05) is 30.3 Å². The highest BCUT2D eigenvalue weighted by atomic mass is 32.2. The second kappa shape index (κ2) is 7.23. The molecule has 2 aromatic rings. The maximum absolute atomic E-state index is 14.3. The van der Waals surface area contributed by atoms with Crippen molar-refractivity contribution in [2.45, 2.75) is 26.0 Å². The van der Waals surface area contributed by atoms with Crippen molar-refractivity contribution in [1.82, 2.24) is 4.72 Å². The highest BCUT2D eigenvalue weighted by Crippen LogP contribution is 2.25. The Morgan fingerprint density at radius 1 is 1.12 bits per heavy atom. The maximum Gasteiger partial charge on any atom is 0.214 e. The molecule has 0 aliphatic heterocycles. The molecule has 0 aliphatic carbocycles. The van der Waals surface area contributed by atoms with Crippen LogP contribution in [0.3, 0.4) is 0 Å². The monoisotopic (exact) mass is 349 g/mol. The first-order valence-electron chi connectivity index (χ1n) is 7.59. The third kappa shape index (κ3) is 4.07. The normalized spacial score (nSPS) is 11.7. The van der Waals surface area contributed by atoms with E-state index in [1.165, 1.54) is 19.9 Å². The zero-order valence-corrected chi connectivity index (χ0v) is 14.7. The van der Waals surface area contributed by atoms with Gasteiger partial charge < -0.3 is 0 Å². The molecule has 2 rings (SSSR count). The van der Waals surface area contributed by atoms with Crippen LogP contribution >= 0.6 is 0 Å². The fraction of sp³-hybridized carbons (Fsp3) is 0.278. The van der Waals surface area contributed by atoms with Gasteiger partial charge in [0, 0.05) is 0 Å². The predicted octanol–water partition coefficient (Wildman–Crippen LogP) is 3.31. The molecule has 0 unspecified atom stereocenters. The van der Waals surface area contributed by atoms with Crippen molar-refractivity contribution in [3.63, 3.8) is 0 Å². The number of carbonyl (C=O) groups excluding carboxylic acids is 1. The molecule has 0 fully saturated rings. The Bertz CT molecular complexity index is 846. The summed E-state index contributed by atoms with van der Waals surface area (Å²) in [7, 11) is -3.58. The minimum atomic E-state index is -3.58. The van der Waals surface area contributed by atoms with Crippen molar-refractivity contribution in [3.8, 4) is 11.1 Å². The lowest BCUT2D eigenvalue weighted by atomic mass is 9.98. The Labute approximate surface area is 141 Å². The van der Waals surface area contributed by atoms with Gasteiger partial charge in [-0.2, -0.15) is 0 Å². The first kappa shape index (κ1) is 18.3. The van der Waals surface area contributed by atoms with Crippen molar-refractivity contribution < 1.29 is 17.6 Å². The Morgan fingerprint density at radius 3 is 2.33 bits per heavy atom. The number of nitrogens with one attached hydrogen (secondary N) is 1. The Balaban J connectivity index is 2.33. The summed E-state index contributed by atoms with van der Waals surface area (Å²) in [6, 6.07) is 12.4. The molecule has 0 saturated carbocycles. The smallest absolute Gasteiger partial charge is 0.214 e. The van der Waals surface area contributed by atoms with Crippen molar-refractivity contribution in [3.05, 3.63) is 59.4 Å². The van der Waals surface area contributed by atoms with Gasteiger partial charge in [0.25, 0.3) is 0 Å². The largest absolute Gasteiger partial charge is 0.293 e. The van der Waals surface area contributed by atoms with E-state index in [0.29, 0.717) is 11.1 Å². The molecule has 0 saturated heterocycles. The molecular weight excluding hydrogens is 329 g/mol. The van der Waals surface area contributed by atoms with Gasteiger partial charge in [0.15, 0.2) is 5.78 Å². The average molecular weight is 349 g/mol. The fourth-order valence-corrected chi connectivity index (χ4v) is 2.86. The topological polar surface area (TPSA) is 63.2 Å². The van der Waals surface area contributed by atoms with E-state index in [4.69, 9.17) is 0 Å². The number of hydrogen-bond donors (Lipinski definition) is 1. The molecule has 4 nitrogen and oxygen atoms in total. The van der Waals surface area contributed by atoms with Gasteiger partial charge >= 0.3 is 0 Å². The van der Waals surface area contributed by atoms with Gasteiger partial charge in [0.2, 0.25) is 10.0 Å². The number of rotatable bonds is 6. The summed E-state index contributed by atoms with van der Waals surface area (Å²) in [5, 5.41) is -0.660. The number of ketones is 1. The van der Waals surface area contributed by atoms with Crippen molar-refractivity contribution >= 4 is 15.8 Å². The molecule has 128 valence electrons. The quantitative estimate of drug-likeness (QED) is 0.814. The number of carbonyl (C=O) groups is 1. The zero-order chi connectivity index (χ0) is 17.9. The SMILES string of the molecule is Cc1cc(-c2ccccc2)cc(C(=O)CNS(=O)(=O)C(C)C)c1F. The van der Waals surface area contributed by atoms with Crippen LogP contribution in [0.2, 0.25) is 0 Å². The lowest BCUT2D eigenvalue weighted by Gasteiger charge is -2.11. The van der Waals surface area contributed by atoms with Crippen LogP contribution in [-0.4, -0.2) is 26.0 Å². The second-order valence-electron chi connectivity index (χ2n) is 5.86. The van der Waals surface area contributed by atoms with Crippen molar-refractivity contribution in [2.75, 3.05) is 6.54 Å². The minimum absolute atomic E-state index is 0.111. The van der Waals surface area contributed by atoms with Crippen LogP contribution in [0.4, 0.5) is 4.39 Å². The molecular formula is C18H20FNO3S. The van der Waals surface area contributed by atoms with Gasteiger partial charge in [-0.15, -0.1) is 0 Å². The van der Waals surface area contributed by atoms with E-state index in [9.17, 15) is 17.6 Å². The van der Waals surface area contributed by atoms with Gasteiger partial charge in [-0.3, -0.25) is 4.79 Å². The number of sulfonamides is 1. The molecule has 0 amide bonds. The molecule has 0 aromatic heterocycles. The summed E-state index contributed by atoms with van der Waals surface area (Å²) in [5.74, 6) is -1.22. The third-order valence-electron chi connectivity index (χ3n) is 3.72. The van der Waals surface area contributed by atoms with Gasteiger partial charge in [-0.1, -0.05) is 30.3 Å². The predicted molar refractivity (Wildman–Crippen MR) is 93.0 cm³/mol. The summed E-state index contributed by atoms with van der Waals surface area (Å²) in [6.45, 7) is 4.13. The van der Waals surface area contributed by atoms with Crippen LogP contribution in [0.1, 0.15) is 29.8 Å². The van der Waals surface area contributed by atoms with E-state index in [0.717, 1.165) is 5.56 Å². The lowest BCUT2D eigenvalue weighted by molar-refractivity contribution is 0.0993. The number of aryl methyl sites for hydroxylation is 1. The molecule has 24 heavy (non-hydrogen) atoms. The van der Waals surface area contributed by atoms with Crippen molar-refractivity contribution in [1.29, 1.82) is 0 Å². The van der Waals surface area contributed by atoms with E-state index in [2.05, 4.69) is 4.72 Å². The molecule has 6 heteroatoms. The van der Waals surface area contributed by atoms with Gasteiger partial charge in [0.05, 0.1) is 17.4 Å². The summed E-state index contributed by atoms with van der Waals surface area (Å²) in [4.78, 5) is 12.3. The molecule has 0 bridgehead atoms. The van der Waals surface area contributed by atoms with Crippen LogP contribution in [0, 0.1) is 12.7 Å². The fourth-order valence-electron chi connectivity index (χ4n) is 2.20. The van der Waals surface area contributed by atoms with E-state index >= 15 is 0 Å². The van der Waals surface area contributed by atoms with Crippen molar-refractivity contribution in [2.24, 2.45) is 0 Å². The number of benzene rings is 2. The molecule has 0 radical (unpaired) electrons. The third-order valence-corrected chi connectivity index (χ3v) is 5.50. The van der Waals surface area contributed by atoms with E-state index in [1.54, 1.807) is 13.0 Å². The Hall–Kier alpha value is -2.05. The van der Waals surface area contributed by atoms with E-state index < -0.39 is 33.4 Å². The summed E-state index contributed by atoms with van der Waals surface area (Å²) >= 11 is 0. The van der Waals surface area contributed by atoms with Crippen LogP contribution in [0.25, 0.3) is 11.1 Å². The zero-order valence-electron chi connectivity index (χ0n) is 13.8. The molecule has 0 aliphatic rings. The number of halogens is 1. The van der Waals surface area contributed by atoms with Crippen LogP contribution < -0.4 is 4.72 Å². The van der Waals surface area contributed by atoms with Gasteiger partial charge in [0.1, 0.15) is 5.82 Å². The summed E-state index contributed by atoms with van der Waals surface area (Å²) in [6.07, 6.45) is 0. The molecule has 0 heterocycles. The minimum Gasteiger partial charge on any atom is -0.293 e. The lowest BCUT2D eigenvalue weighted by Crippen LogP contribution is -2.35. The molecule has 0 atom stereocenters. The van der Waals surface area contributed by atoms with Crippen LogP contribution in [0.5, 0.6) is 0 Å². The van der Waals surface area contributed by atoms with Gasteiger partial charge in [-0.05, 0) is 49.6 Å². The van der Waals surface area contributed by atoms with Crippen LogP contribution in [-0.2, 0) is 10.0 Å². The molecule has 0 spiro atoms. The molecule has 1 N–H and O–H groups in total. The Morgan fingerprint density at radius 2 is 1.75 bits per heavy atom. The highest BCUT2D eigenvalue weighted by molar-refractivity contribution is 7.90. The highest BCUT2D eigenvalue weighted by Gasteiger charge is 2.20. The van der Waals surface area contributed by atoms with Gasteiger partial charge in [-0.25, -0.2) is 17.5 Å². The standard InChI is InChI=1S/C18H20FNO3S/c1-12(2)24(22,23)20-11-17(21)16-10-15(9-13(3)18(16)19)14-7-5-4-6-8-14/h4-10,12,20H,11H2,1-3H3. The maximum atomic E-state index is 14.3. The number of Topliss-reactive ketones (excluding diaryl/α,β-unsaturated/α-hetero) is 1. The first-order chi connectivity index (χ1) is 11.2. The van der Waals surface area contributed by atoms with E-state index in [-0.39, 0.29) is 5.56 Å². The summed E-state index contributed by atoms with van der Waals surface area (Å²) < 4.78 is 40.0.